The Labute approximate surface area is 191 Å². The summed E-state index contributed by atoms with van der Waals surface area (Å²) >= 11 is 1.35. The fraction of sp³-hybridized carbons (Fsp3) is 0.636. The number of nitrogens with zero attached hydrogens (tertiary/aromatic N) is 3. The molecular weight excluding hydrogens is 432 g/mol. The summed E-state index contributed by atoms with van der Waals surface area (Å²) in [5.74, 6) is 0. The molecule has 0 aliphatic heterocycles. The van der Waals surface area contributed by atoms with Crippen LogP contribution in [0.3, 0.4) is 0 Å². The molecule has 1 aliphatic carbocycles. The Morgan fingerprint density at radius 3 is 2.59 bits per heavy atom. The van der Waals surface area contributed by atoms with Gasteiger partial charge in [0.25, 0.3) is 5.56 Å². The van der Waals surface area contributed by atoms with Crippen LogP contribution in [0.5, 0.6) is 0 Å². The number of carbonyl (C=O) groups excluding carboxylic acids is 1. The van der Waals surface area contributed by atoms with Crippen LogP contribution in [0.1, 0.15) is 63.9 Å². The zero-order valence-electron chi connectivity index (χ0n) is 19.6. The van der Waals surface area contributed by atoms with Gasteiger partial charge in [-0.3, -0.25) is 18.9 Å². The number of ether oxygens (including phenoxy) is 2. The number of nitrogens with one attached hydrogen (secondary N) is 1. The third kappa shape index (κ3) is 5.66. The minimum absolute atomic E-state index is 0.0221. The highest BCUT2D eigenvalue weighted by Gasteiger charge is 2.30. The Bertz CT molecular complexity index is 1130. The van der Waals surface area contributed by atoms with E-state index in [1.165, 1.54) is 15.9 Å². The van der Waals surface area contributed by atoms with E-state index in [2.05, 4.69) is 10.3 Å². The number of aryl methyl sites for hydroxylation is 1. The van der Waals surface area contributed by atoms with Gasteiger partial charge in [0.2, 0.25) is 0 Å². The highest BCUT2D eigenvalue weighted by atomic mass is 32.1. The van der Waals surface area contributed by atoms with Crippen molar-refractivity contribution in [3.8, 4) is 0 Å². The molecule has 1 N–H and O–H groups in total. The lowest BCUT2D eigenvalue weighted by molar-refractivity contribution is 0.0529. The van der Waals surface area contributed by atoms with Gasteiger partial charge in [-0.2, -0.15) is 0 Å². The van der Waals surface area contributed by atoms with Crippen molar-refractivity contribution in [1.29, 1.82) is 0 Å². The van der Waals surface area contributed by atoms with Gasteiger partial charge >= 0.3 is 11.8 Å². The summed E-state index contributed by atoms with van der Waals surface area (Å²) < 4.78 is 13.9. The molecule has 0 atom stereocenters. The maximum absolute atomic E-state index is 13.2. The summed E-state index contributed by atoms with van der Waals surface area (Å²) in [5.41, 5.74) is -0.327. The second-order valence-electron chi connectivity index (χ2n) is 9.18. The number of rotatable bonds is 8. The van der Waals surface area contributed by atoms with E-state index < -0.39 is 11.7 Å². The van der Waals surface area contributed by atoms with E-state index in [0.29, 0.717) is 23.4 Å². The van der Waals surface area contributed by atoms with Gasteiger partial charge in [-0.25, -0.2) is 9.59 Å². The molecule has 2 aromatic rings. The molecule has 3 rings (SSSR count). The number of carbonyl (C=O) groups is 1. The van der Waals surface area contributed by atoms with Crippen molar-refractivity contribution >= 4 is 33.9 Å². The van der Waals surface area contributed by atoms with Crippen molar-refractivity contribution in [1.82, 2.24) is 14.5 Å². The normalized spacial score (nSPS) is 14.6. The number of thiophene rings is 1. The number of aromatic nitrogens is 2. The van der Waals surface area contributed by atoms with E-state index in [9.17, 15) is 14.4 Å². The van der Waals surface area contributed by atoms with Crippen LogP contribution in [-0.4, -0.2) is 46.4 Å². The lowest BCUT2D eigenvalue weighted by Gasteiger charge is -2.19. The first kappa shape index (κ1) is 24.2. The fourth-order valence-corrected chi connectivity index (χ4v) is 4.50. The summed E-state index contributed by atoms with van der Waals surface area (Å²) in [4.78, 5) is 43.7. The summed E-state index contributed by atoms with van der Waals surface area (Å²) in [6.07, 6.45) is 2.82. The van der Waals surface area contributed by atoms with Gasteiger partial charge in [0.1, 0.15) is 17.1 Å². The molecule has 1 fully saturated rings. The Morgan fingerprint density at radius 1 is 1.31 bits per heavy atom. The molecule has 1 aliphatic rings. The maximum Gasteiger partial charge on any atom is 0.409 e. The number of amides is 1. The van der Waals surface area contributed by atoms with Gasteiger partial charge < -0.3 is 14.8 Å². The average Bonchev–Trinajstić information content (AvgIpc) is 3.44. The van der Waals surface area contributed by atoms with Crippen molar-refractivity contribution in [2.45, 2.75) is 78.7 Å². The zero-order valence-corrected chi connectivity index (χ0v) is 20.4. The SMILES string of the molecule is Cc1c(C=NCNC(=O)OC(C)(C)C)sc2c1c(=O)n(C1CC1)c(=O)n2CCOC(C)C. The Kier molecular flexibility index (Phi) is 7.24. The van der Waals surface area contributed by atoms with Gasteiger partial charge in [-0.05, 0) is 59.9 Å². The number of hydrogen-bond acceptors (Lipinski definition) is 7. The third-order valence-corrected chi connectivity index (χ3v) is 6.13. The monoisotopic (exact) mass is 464 g/mol. The van der Waals surface area contributed by atoms with Gasteiger partial charge in [-0.1, -0.05) is 0 Å². The van der Waals surface area contributed by atoms with Crippen LogP contribution in [0, 0.1) is 6.92 Å². The standard InChI is InChI=1S/C22H32N4O5S/c1-13(2)30-10-9-25-19-17(18(27)26(21(25)29)15-7-8-15)14(3)16(32-19)11-23-12-24-20(28)31-22(4,5)6/h11,13,15H,7-10,12H2,1-6H3,(H,24,28). The van der Waals surface area contributed by atoms with E-state index in [4.69, 9.17) is 9.47 Å². The largest absolute Gasteiger partial charge is 0.444 e. The second kappa shape index (κ2) is 9.58. The molecular formula is C22H32N4O5S. The molecule has 2 heterocycles. The molecule has 0 aromatic carbocycles. The van der Waals surface area contributed by atoms with Crippen LogP contribution in [0.15, 0.2) is 14.6 Å². The molecule has 10 heteroatoms. The predicted molar refractivity (Wildman–Crippen MR) is 126 cm³/mol. The topological polar surface area (TPSA) is 104 Å². The van der Waals surface area contributed by atoms with E-state index in [1.807, 2.05) is 20.8 Å². The Hall–Kier alpha value is -2.46. The van der Waals surface area contributed by atoms with E-state index >= 15 is 0 Å². The number of alkyl carbamates (subject to hydrolysis) is 1. The molecule has 0 bridgehead atoms. The average molecular weight is 465 g/mol. The van der Waals surface area contributed by atoms with Crippen molar-refractivity contribution in [2.24, 2.45) is 4.99 Å². The van der Waals surface area contributed by atoms with Crippen molar-refractivity contribution in [2.75, 3.05) is 13.3 Å². The zero-order chi connectivity index (χ0) is 23.6. The highest BCUT2D eigenvalue weighted by Crippen LogP contribution is 2.34. The first-order valence-corrected chi connectivity index (χ1v) is 11.7. The van der Waals surface area contributed by atoms with Gasteiger partial charge in [-0.15, -0.1) is 11.3 Å². The summed E-state index contributed by atoms with van der Waals surface area (Å²) in [7, 11) is 0. The predicted octanol–water partition coefficient (Wildman–Crippen LogP) is 3.19. The molecule has 0 radical (unpaired) electrons. The van der Waals surface area contributed by atoms with Crippen LogP contribution < -0.4 is 16.6 Å². The summed E-state index contributed by atoms with van der Waals surface area (Å²) in [6, 6.07) is -0.0221. The molecule has 0 spiro atoms. The van der Waals surface area contributed by atoms with Crippen LogP contribution in [-0.2, 0) is 16.0 Å². The lowest BCUT2D eigenvalue weighted by atomic mass is 10.2. The molecule has 0 unspecified atom stereocenters. The maximum atomic E-state index is 13.2. The van der Waals surface area contributed by atoms with Gasteiger partial charge in [0.15, 0.2) is 0 Å². The number of fused-ring (bicyclic) bond motifs is 1. The first-order chi connectivity index (χ1) is 15.0. The quantitative estimate of drug-likeness (QED) is 0.604. The third-order valence-electron chi connectivity index (χ3n) is 4.88. The van der Waals surface area contributed by atoms with Gasteiger partial charge in [0.05, 0.1) is 29.5 Å². The van der Waals surface area contributed by atoms with Crippen molar-refractivity contribution in [3.05, 3.63) is 31.3 Å². The summed E-state index contributed by atoms with van der Waals surface area (Å²) in [5, 5.41) is 3.12. The number of hydrogen-bond donors (Lipinski definition) is 1. The molecule has 32 heavy (non-hydrogen) atoms. The van der Waals surface area contributed by atoms with Crippen molar-refractivity contribution in [3.63, 3.8) is 0 Å². The smallest absolute Gasteiger partial charge is 0.409 e. The summed E-state index contributed by atoms with van der Waals surface area (Å²) in [6.45, 7) is 11.9. The minimum atomic E-state index is -0.583. The lowest BCUT2D eigenvalue weighted by Crippen LogP contribution is -2.40. The van der Waals surface area contributed by atoms with Crippen LogP contribution in [0.2, 0.25) is 0 Å². The van der Waals surface area contributed by atoms with E-state index in [0.717, 1.165) is 23.3 Å². The van der Waals surface area contributed by atoms with E-state index in [-0.39, 0.29) is 30.1 Å². The molecule has 1 saturated carbocycles. The number of aliphatic imine (C=N–C) groups is 1. The molecule has 176 valence electrons. The van der Waals surface area contributed by atoms with Gasteiger partial charge in [0, 0.05) is 12.3 Å². The molecule has 2 aromatic heterocycles. The second-order valence-corrected chi connectivity index (χ2v) is 10.2. The molecule has 0 saturated heterocycles. The van der Waals surface area contributed by atoms with Crippen LogP contribution >= 0.6 is 11.3 Å². The molecule has 9 nitrogen and oxygen atoms in total. The van der Waals surface area contributed by atoms with Crippen LogP contribution in [0.4, 0.5) is 4.79 Å². The Morgan fingerprint density at radius 2 is 2.00 bits per heavy atom. The molecule has 1 amide bonds. The minimum Gasteiger partial charge on any atom is -0.444 e. The highest BCUT2D eigenvalue weighted by molar-refractivity contribution is 7.20. The first-order valence-electron chi connectivity index (χ1n) is 10.9. The Balaban J connectivity index is 1.90. The fourth-order valence-electron chi connectivity index (χ4n) is 3.29. The van der Waals surface area contributed by atoms with Crippen molar-refractivity contribution < 1.29 is 14.3 Å². The van der Waals surface area contributed by atoms with Crippen LogP contribution in [0.25, 0.3) is 10.2 Å². The van der Waals surface area contributed by atoms with E-state index in [1.54, 1.807) is 31.6 Å².